The van der Waals surface area contributed by atoms with Gasteiger partial charge in [0.1, 0.15) is 17.0 Å². The molecule has 7 heteroatoms. The maximum absolute atomic E-state index is 11.7. The van der Waals surface area contributed by atoms with Gasteiger partial charge in [0, 0.05) is 17.7 Å². The number of hydrogen-bond acceptors (Lipinski definition) is 6. The van der Waals surface area contributed by atoms with E-state index in [2.05, 4.69) is 10.3 Å². The Morgan fingerprint density at radius 1 is 1.24 bits per heavy atom. The number of pyridine rings is 1. The van der Waals surface area contributed by atoms with Crippen molar-refractivity contribution in [2.45, 2.75) is 0 Å². The first-order valence-corrected chi connectivity index (χ1v) is 6.02. The van der Waals surface area contributed by atoms with Gasteiger partial charge in [0.05, 0.1) is 19.9 Å². The smallest absolute Gasteiger partial charge is 0.275 e. The molecule has 0 saturated heterocycles. The van der Waals surface area contributed by atoms with Gasteiger partial charge in [-0.2, -0.15) is 0 Å². The molecule has 1 heterocycles. The lowest BCUT2D eigenvalue weighted by Gasteiger charge is -2.11. The number of ether oxygens (including phenoxy) is 2. The van der Waals surface area contributed by atoms with Crippen LogP contribution in [-0.2, 0) is 4.79 Å². The van der Waals surface area contributed by atoms with Gasteiger partial charge in [-0.1, -0.05) is 0 Å². The van der Waals surface area contributed by atoms with Crippen LogP contribution in [0.1, 0.15) is 0 Å². The molecule has 0 saturated carbocycles. The van der Waals surface area contributed by atoms with Crippen LogP contribution in [0, 0.1) is 10.8 Å². The summed E-state index contributed by atoms with van der Waals surface area (Å²) in [6.07, 6.45) is 0.676. The highest BCUT2D eigenvalue weighted by atomic mass is 16.5. The van der Waals surface area contributed by atoms with E-state index >= 15 is 0 Å². The molecule has 1 amide bonds. The zero-order chi connectivity index (χ0) is 15.4. The summed E-state index contributed by atoms with van der Waals surface area (Å²) in [5, 5.41) is 17.5. The van der Waals surface area contributed by atoms with E-state index in [1.807, 2.05) is 0 Å². The molecule has 21 heavy (non-hydrogen) atoms. The van der Waals surface area contributed by atoms with E-state index in [0.717, 1.165) is 0 Å². The molecule has 0 aliphatic heterocycles. The maximum atomic E-state index is 11.7. The number of hydrogen-bond donors (Lipinski definition) is 3. The molecule has 2 aromatic rings. The number of nitrogens with one attached hydrogen (secondary N) is 3. The largest absolute Gasteiger partial charge is 0.496 e. The molecular formula is C14H14N4O3. The number of benzene rings is 1. The molecule has 0 fully saturated rings. The third-order valence-corrected chi connectivity index (χ3v) is 2.86. The van der Waals surface area contributed by atoms with Crippen molar-refractivity contribution in [3.63, 3.8) is 0 Å². The molecule has 0 aliphatic rings. The topological polar surface area (TPSA) is 108 Å². The SMILES string of the molecule is COc1ccc2c(OC)ccc(NC(=O)C(=N)C=N)c2n1. The lowest BCUT2D eigenvalue weighted by atomic mass is 10.1. The molecule has 7 nitrogen and oxygen atoms in total. The summed E-state index contributed by atoms with van der Waals surface area (Å²) in [6.45, 7) is 0. The van der Waals surface area contributed by atoms with Gasteiger partial charge in [-0.3, -0.25) is 10.2 Å². The van der Waals surface area contributed by atoms with Crippen LogP contribution in [0.3, 0.4) is 0 Å². The molecule has 0 unspecified atom stereocenters. The molecule has 3 N–H and O–H groups in total. The summed E-state index contributed by atoms with van der Waals surface area (Å²) in [4.78, 5) is 16.0. The number of methoxy groups -OCH3 is 2. The van der Waals surface area contributed by atoms with Crippen molar-refractivity contribution in [2.24, 2.45) is 0 Å². The highest BCUT2D eigenvalue weighted by Crippen LogP contribution is 2.31. The Morgan fingerprint density at radius 3 is 2.62 bits per heavy atom. The number of fused-ring (bicyclic) bond motifs is 1. The van der Waals surface area contributed by atoms with Crippen molar-refractivity contribution in [3.8, 4) is 11.6 Å². The first kappa shape index (κ1) is 14.4. The monoisotopic (exact) mass is 286 g/mol. The minimum atomic E-state index is -0.680. The number of anilines is 1. The van der Waals surface area contributed by atoms with Gasteiger partial charge >= 0.3 is 0 Å². The van der Waals surface area contributed by atoms with Gasteiger partial charge in [-0.05, 0) is 18.2 Å². The summed E-state index contributed by atoms with van der Waals surface area (Å²) in [5.41, 5.74) is 0.461. The normalized spacial score (nSPS) is 10.0. The van der Waals surface area contributed by atoms with Crippen molar-refractivity contribution in [3.05, 3.63) is 24.3 Å². The summed E-state index contributed by atoms with van der Waals surface area (Å²) in [7, 11) is 3.04. The third kappa shape index (κ3) is 2.81. The van der Waals surface area contributed by atoms with Crippen molar-refractivity contribution in [1.29, 1.82) is 10.8 Å². The Hall–Kier alpha value is -2.96. The first-order valence-electron chi connectivity index (χ1n) is 6.02. The summed E-state index contributed by atoms with van der Waals surface area (Å²) in [6, 6.07) is 6.79. The lowest BCUT2D eigenvalue weighted by molar-refractivity contribution is -0.110. The highest BCUT2D eigenvalue weighted by Gasteiger charge is 2.13. The minimum Gasteiger partial charge on any atom is -0.496 e. The zero-order valence-corrected chi connectivity index (χ0v) is 11.6. The molecule has 0 spiro atoms. The number of carbonyl (C=O) groups is 1. The predicted molar refractivity (Wildman–Crippen MR) is 80.0 cm³/mol. The van der Waals surface area contributed by atoms with E-state index in [0.29, 0.717) is 34.4 Å². The number of carbonyl (C=O) groups excluding carboxylic acids is 1. The van der Waals surface area contributed by atoms with Gasteiger partial charge in [0.15, 0.2) is 0 Å². The average Bonchev–Trinajstić information content (AvgIpc) is 2.53. The van der Waals surface area contributed by atoms with Gasteiger partial charge in [0.2, 0.25) is 5.88 Å². The van der Waals surface area contributed by atoms with Crippen LogP contribution in [0.2, 0.25) is 0 Å². The molecule has 0 radical (unpaired) electrons. The molecule has 108 valence electrons. The van der Waals surface area contributed by atoms with Gasteiger partial charge in [0.25, 0.3) is 5.91 Å². The summed E-state index contributed by atoms with van der Waals surface area (Å²) in [5.74, 6) is 0.328. The third-order valence-electron chi connectivity index (χ3n) is 2.86. The van der Waals surface area contributed by atoms with Gasteiger partial charge in [-0.25, -0.2) is 4.98 Å². The predicted octanol–water partition coefficient (Wildman–Crippen LogP) is 1.86. The lowest BCUT2D eigenvalue weighted by Crippen LogP contribution is -2.22. The fraction of sp³-hybridized carbons (Fsp3) is 0.143. The molecule has 1 aromatic heterocycles. The summed E-state index contributed by atoms with van der Waals surface area (Å²) < 4.78 is 10.3. The Labute approximate surface area is 120 Å². The van der Waals surface area contributed by atoms with Crippen molar-refractivity contribution >= 4 is 34.4 Å². The van der Waals surface area contributed by atoms with E-state index in [-0.39, 0.29) is 0 Å². The second-order valence-electron chi connectivity index (χ2n) is 4.08. The van der Waals surface area contributed by atoms with E-state index < -0.39 is 11.6 Å². The standard InChI is InChI=1S/C14H14N4O3/c1-20-11-5-4-10(17-14(19)9(16)7-15)13-8(11)3-6-12(18-13)21-2/h3-7,15-16H,1-2H3,(H,17,19). The van der Waals surface area contributed by atoms with Crippen LogP contribution in [0.25, 0.3) is 10.9 Å². The fourth-order valence-electron chi connectivity index (χ4n) is 1.82. The van der Waals surface area contributed by atoms with Gasteiger partial charge < -0.3 is 20.2 Å². The van der Waals surface area contributed by atoms with E-state index in [4.69, 9.17) is 20.3 Å². The van der Waals surface area contributed by atoms with Crippen molar-refractivity contribution in [2.75, 3.05) is 19.5 Å². The summed E-state index contributed by atoms with van der Waals surface area (Å²) >= 11 is 0. The highest BCUT2D eigenvalue weighted by molar-refractivity contribution is 6.61. The number of nitrogens with zero attached hydrogens (tertiary/aromatic N) is 1. The van der Waals surface area contributed by atoms with Gasteiger partial charge in [-0.15, -0.1) is 0 Å². The van der Waals surface area contributed by atoms with Crippen LogP contribution in [0.15, 0.2) is 24.3 Å². The minimum absolute atomic E-state index is 0.397. The van der Waals surface area contributed by atoms with E-state index in [1.165, 1.54) is 7.11 Å². The number of amides is 1. The van der Waals surface area contributed by atoms with Crippen LogP contribution >= 0.6 is 0 Å². The number of rotatable bonds is 5. The molecular weight excluding hydrogens is 272 g/mol. The maximum Gasteiger partial charge on any atom is 0.275 e. The van der Waals surface area contributed by atoms with E-state index in [9.17, 15) is 4.79 Å². The number of aromatic nitrogens is 1. The first-order chi connectivity index (χ1) is 10.1. The molecule has 0 aliphatic carbocycles. The molecule has 0 atom stereocenters. The van der Waals surface area contributed by atoms with Crippen molar-refractivity contribution < 1.29 is 14.3 Å². The fourth-order valence-corrected chi connectivity index (χ4v) is 1.82. The van der Waals surface area contributed by atoms with E-state index in [1.54, 1.807) is 31.4 Å². The second-order valence-corrected chi connectivity index (χ2v) is 4.08. The molecule has 1 aromatic carbocycles. The molecule has 2 rings (SSSR count). The Bertz CT molecular complexity index is 727. The Morgan fingerprint density at radius 2 is 2.00 bits per heavy atom. The van der Waals surface area contributed by atoms with Crippen LogP contribution in [0.4, 0.5) is 5.69 Å². The Kier molecular flexibility index (Phi) is 4.13. The quantitative estimate of drug-likeness (QED) is 0.729. The van der Waals surface area contributed by atoms with Crippen LogP contribution in [0.5, 0.6) is 11.6 Å². The zero-order valence-electron chi connectivity index (χ0n) is 11.6. The average molecular weight is 286 g/mol. The second kappa shape index (κ2) is 6.00. The molecule has 0 bridgehead atoms. The Balaban J connectivity index is 2.55. The van der Waals surface area contributed by atoms with Crippen LogP contribution < -0.4 is 14.8 Å². The van der Waals surface area contributed by atoms with Crippen molar-refractivity contribution in [1.82, 2.24) is 4.98 Å². The van der Waals surface area contributed by atoms with Crippen LogP contribution in [-0.4, -0.2) is 37.0 Å².